The first-order valence-electron chi connectivity index (χ1n) is 9.28. The van der Waals surface area contributed by atoms with E-state index >= 15 is 0 Å². The van der Waals surface area contributed by atoms with E-state index in [-0.39, 0.29) is 5.69 Å². The van der Waals surface area contributed by atoms with E-state index in [0.717, 1.165) is 16.9 Å². The van der Waals surface area contributed by atoms with E-state index in [1.807, 2.05) is 29.1 Å². The fourth-order valence-corrected chi connectivity index (χ4v) is 3.06. The number of aryl methyl sites for hydroxylation is 2. The Hall–Kier alpha value is -3.87. The van der Waals surface area contributed by atoms with E-state index in [2.05, 4.69) is 48.7 Å². The first-order chi connectivity index (χ1) is 14.0. The highest BCUT2D eigenvalue weighted by Gasteiger charge is 2.22. The number of hydrazone groups is 1. The fourth-order valence-electron chi connectivity index (χ4n) is 3.06. The van der Waals surface area contributed by atoms with Gasteiger partial charge in [0.1, 0.15) is 6.67 Å². The second kappa shape index (κ2) is 7.63. The lowest BCUT2D eigenvalue weighted by atomic mass is 10.2. The highest BCUT2D eigenvalue weighted by Crippen LogP contribution is 2.23. The molecular weight excluding hydrogens is 366 g/mol. The predicted octanol–water partition coefficient (Wildman–Crippen LogP) is 4.36. The molecule has 4 rings (SSSR count). The summed E-state index contributed by atoms with van der Waals surface area (Å²) < 4.78 is 0. The molecule has 0 atom stereocenters. The topological polar surface area (TPSA) is 74.0 Å². The lowest BCUT2D eigenvalue weighted by molar-refractivity contribution is -0.384. The molecule has 0 spiro atoms. The van der Waals surface area contributed by atoms with Crippen molar-refractivity contribution in [3.05, 3.63) is 99.6 Å². The van der Waals surface area contributed by atoms with Crippen molar-refractivity contribution < 1.29 is 4.92 Å². The Labute approximate surface area is 169 Å². The molecule has 3 aromatic carbocycles. The van der Waals surface area contributed by atoms with Crippen LogP contribution in [0.25, 0.3) is 0 Å². The zero-order chi connectivity index (χ0) is 20.4. The summed E-state index contributed by atoms with van der Waals surface area (Å²) in [6.07, 6.45) is 0. The lowest BCUT2D eigenvalue weighted by Crippen LogP contribution is -2.53. The molecule has 0 aromatic heterocycles. The number of rotatable bonds is 4. The molecule has 0 bridgehead atoms. The minimum absolute atomic E-state index is 0.0518. The summed E-state index contributed by atoms with van der Waals surface area (Å²) in [6, 6.07) is 22.8. The molecule has 1 heterocycles. The van der Waals surface area contributed by atoms with Gasteiger partial charge in [-0.2, -0.15) is 5.10 Å². The average molecular weight is 387 g/mol. The van der Waals surface area contributed by atoms with Gasteiger partial charge in [-0.1, -0.05) is 35.4 Å². The van der Waals surface area contributed by atoms with Crippen LogP contribution in [0.2, 0.25) is 0 Å². The van der Waals surface area contributed by atoms with Crippen molar-refractivity contribution >= 4 is 22.9 Å². The van der Waals surface area contributed by atoms with Crippen molar-refractivity contribution in [3.8, 4) is 0 Å². The SMILES string of the molecule is Cc1ccc(N2CN(c3ccc(C)cc3)NC(c3ccc([N+](=O)[O-])cc3)=N2)cc1. The standard InChI is InChI=1S/C22H21N5O2/c1-16-3-9-19(10-4-16)25-15-26(20-11-5-17(2)6-12-20)24-22(23-25)18-7-13-21(14-8-18)27(28)29/h3-14H,15H2,1-2H3,(H,23,24). The molecule has 0 unspecified atom stereocenters. The van der Waals surface area contributed by atoms with E-state index in [1.165, 1.54) is 23.3 Å². The van der Waals surface area contributed by atoms with Crippen LogP contribution in [-0.4, -0.2) is 17.4 Å². The average Bonchev–Trinajstić information content (AvgIpc) is 2.74. The highest BCUT2D eigenvalue weighted by molar-refractivity contribution is 6.01. The van der Waals surface area contributed by atoms with Crippen LogP contribution in [-0.2, 0) is 0 Å². The Kier molecular flexibility index (Phi) is 4.87. The van der Waals surface area contributed by atoms with Gasteiger partial charge in [0.15, 0.2) is 5.84 Å². The van der Waals surface area contributed by atoms with Gasteiger partial charge in [-0.05, 0) is 50.2 Å². The van der Waals surface area contributed by atoms with Crippen LogP contribution in [0.3, 0.4) is 0 Å². The minimum Gasteiger partial charge on any atom is -0.278 e. The molecule has 3 aromatic rings. The molecule has 7 nitrogen and oxygen atoms in total. The normalized spacial score (nSPS) is 13.7. The Balaban J connectivity index is 1.71. The minimum atomic E-state index is -0.406. The molecule has 29 heavy (non-hydrogen) atoms. The molecule has 0 saturated carbocycles. The number of hydrogen-bond donors (Lipinski definition) is 1. The van der Waals surface area contributed by atoms with Crippen molar-refractivity contribution in [1.82, 2.24) is 5.43 Å². The molecule has 0 aliphatic carbocycles. The molecule has 0 fully saturated rings. The van der Waals surface area contributed by atoms with Crippen LogP contribution < -0.4 is 15.4 Å². The van der Waals surface area contributed by atoms with Crippen molar-refractivity contribution in [2.45, 2.75) is 13.8 Å². The number of anilines is 2. The Morgan fingerprint density at radius 1 is 0.862 bits per heavy atom. The van der Waals surface area contributed by atoms with Crippen molar-refractivity contribution in [1.29, 1.82) is 0 Å². The van der Waals surface area contributed by atoms with E-state index < -0.39 is 4.92 Å². The van der Waals surface area contributed by atoms with Crippen LogP contribution in [0.4, 0.5) is 17.1 Å². The number of nitro benzene ring substituents is 1. The van der Waals surface area contributed by atoms with Crippen molar-refractivity contribution in [2.24, 2.45) is 5.10 Å². The second-order valence-corrected chi connectivity index (χ2v) is 7.00. The van der Waals surface area contributed by atoms with Gasteiger partial charge in [0.2, 0.25) is 0 Å². The van der Waals surface area contributed by atoms with Crippen molar-refractivity contribution in [2.75, 3.05) is 16.7 Å². The smallest absolute Gasteiger partial charge is 0.269 e. The third-order valence-corrected chi connectivity index (χ3v) is 4.77. The van der Waals surface area contributed by atoms with Crippen LogP contribution in [0, 0.1) is 24.0 Å². The molecule has 1 aliphatic rings. The maximum atomic E-state index is 11.0. The van der Waals surface area contributed by atoms with E-state index in [1.54, 1.807) is 12.1 Å². The van der Waals surface area contributed by atoms with Gasteiger partial charge in [-0.15, -0.1) is 0 Å². The van der Waals surface area contributed by atoms with Gasteiger partial charge in [-0.25, -0.2) is 5.01 Å². The number of hydrogen-bond acceptors (Lipinski definition) is 6. The Bertz CT molecular complexity index is 1040. The second-order valence-electron chi connectivity index (χ2n) is 7.00. The zero-order valence-electron chi connectivity index (χ0n) is 16.2. The van der Waals surface area contributed by atoms with Crippen LogP contribution >= 0.6 is 0 Å². The van der Waals surface area contributed by atoms with E-state index in [0.29, 0.717) is 12.5 Å². The van der Waals surface area contributed by atoms with Crippen LogP contribution in [0.5, 0.6) is 0 Å². The molecule has 0 amide bonds. The largest absolute Gasteiger partial charge is 0.278 e. The van der Waals surface area contributed by atoms with Gasteiger partial charge in [0.05, 0.1) is 16.3 Å². The predicted molar refractivity (Wildman–Crippen MR) is 115 cm³/mol. The molecular formula is C22H21N5O2. The summed E-state index contributed by atoms with van der Waals surface area (Å²) in [5.74, 6) is 0.618. The van der Waals surface area contributed by atoms with Gasteiger partial charge in [0, 0.05) is 17.7 Å². The number of non-ortho nitro benzene ring substituents is 1. The third kappa shape index (κ3) is 4.03. The first-order valence-corrected chi connectivity index (χ1v) is 9.28. The lowest BCUT2D eigenvalue weighted by Gasteiger charge is -2.36. The van der Waals surface area contributed by atoms with Gasteiger partial charge in [-0.3, -0.25) is 20.5 Å². The zero-order valence-corrected chi connectivity index (χ0v) is 16.2. The van der Waals surface area contributed by atoms with E-state index in [9.17, 15) is 10.1 Å². The molecule has 0 saturated heterocycles. The maximum Gasteiger partial charge on any atom is 0.269 e. The van der Waals surface area contributed by atoms with E-state index in [4.69, 9.17) is 5.10 Å². The highest BCUT2D eigenvalue weighted by atomic mass is 16.6. The van der Waals surface area contributed by atoms with Gasteiger partial charge < -0.3 is 0 Å². The van der Waals surface area contributed by atoms with Gasteiger partial charge in [0.25, 0.3) is 5.69 Å². The number of hydrazine groups is 1. The number of nitrogens with one attached hydrogen (secondary N) is 1. The summed E-state index contributed by atoms with van der Waals surface area (Å²) >= 11 is 0. The summed E-state index contributed by atoms with van der Waals surface area (Å²) in [7, 11) is 0. The van der Waals surface area contributed by atoms with Crippen LogP contribution in [0.1, 0.15) is 16.7 Å². The molecule has 146 valence electrons. The Morgan fingerprint density at radius 2 is 1.41 bits per heavy atom. The monoisotopic (exact) mass is 387 g/mol. The third-order valence-electron chi connectivity index (χ3n) is 4.77. The molecule has 1 N–H and O–H groups in total. The molecule has 0 radical (unpaired) electrons. The summed E-state index contributed by atoms with van der Waals surface area (Å²) in [5, 5.41) is 19.6. The number of amidine groups is 1. The number of nitro groups is 1. The molecule has 1 aliphatic heterocycles. The number of nitrogens with zero attached hydrogens (tertiary/aromatic N) is 4. The Morgan fingerprint density at radius 3 is 1.97 bits per heavy atom. The fraction of sp³-hybridized carbons (Fsp3) is 0.136. The van der Waals surface area contributed by atoms with Gasteiger partial charge >= 0.3 is 0 Å². The summed E-state index contributed by atoms with van der Waals surface area (Å²) in [5.41, 5.74) is 8.49. The summed E-state index contributed by atoms with van der Waals surface area (Å²) in [4.78, 5) is 10.6. The maximum absolute atomic E-state index is 11.0. The number of benzene rings is 3. The first kappa shape index (κ1) is 18.5. The van der Waals surface area contributed by atoms with Crippen molar-refractivity contribution in [3.63, 3.8) is 0 Å². The van der Waals surface area contributed by atoms with Crippen LogP contribution in [0.15, 0.2) is 77.9 Å². The quantitative estimate of drug-likeness (QED) is 0.532. The summed E-state index contributed by atoms with van der Waals surface area (Å²) in [6.45, 7) is 4.62. The molecule has 7 heteroatoms.